The van der Waals surface area contributed by atoms with Crippen LogP contribution in [0, 0.1) is 0 Å². The molecule has 1 unspecified atom stereocenters. The molecule has 20 heavy (non-hydrogen) atoms. The predicted octanol–water partition coefficient (Wildman–Crippen LogP) is 4.00. The minimum absolute atomic E-state index is 0.222. The van der Waals surface area contributed by atoms with Crippen LogP contribution in [0.2, 0.25) is 0 Å². The van der Waals surface area contributed by atoms with Crippen LogP contribution >= 0.6 is 0 Å². The van der Waals surface area contributed by atoms with Crippen molar-refractivity contribution in [2.24, 2.45) is 0 Å². The van der Waals surface area contributed by atoms with Gasteiger partial charge in [0.25, 0.3) is 0 Å². The van der Waals surface area contributed by atoms with Gasteiger partial charge in [0.05, 0.1) is 0 Å². The van der Waals surface area contributed by atoms with Crippen molar-refractivity contribution in [3.63, 3.8) is 0 Å². The van der Waals surface area contributed by atoms with Crippen LogP contribution in [0.3, 0.4) is 0 Å². The number of nitrogens with one attached hydrogen (secondary N) is 1. The van der Waals surface area contributed by atoms with E-state index >= 15 is 0 Å². The molecule has 0 fully saturated rings. The van der Waals surface area contributed by atoms with Gasteiger partial charge in [0.2, 0.25) is 0 Å². The first kappa shape index (κ1) is 14.5. The van der Waals surface area contributed by atoms with Gasteiger partial charge in [-0.15, -0.1) is 0 Å². The van der Waals surface area contributed by atoms with E-state index in [0.717, 1.165) is 18.5 Å². The Balaban J connectivity index is 1.71. The largest absolute Gasteiger partial charge is 0.310 e. The molecular formula is C18H21NO. The predicted molar refractivity (Wildman–Crippen MR) is 82.9 cm³/mol. The highest BCUT2D eigenvalue weighted by Gasteiger charge is 2.06. The first-order valence-electron chi connectivity index (χ1n) is 7.14. The summed E-state index contributed by atoms with van der Waals surface area (Å²) in [5, 5.41) is 3.45. The van der Waals surface area contributed by atoms with Crippen molar-refractivity contribution in [3.8, 4) is 0 Å². The lowest BCUT2D eigenvalue weighted by molar-refractivity contribution is 0.0979. The third kappa shape index (κ3) is 4.32. The van der Waals surface area contributed by atoms with E-state index < -0.39 is 0 Å². The molecule has 0 saturated heterocycles. The lowest BCUT2D eigenvalue weighted by atomic mass is 10.1. The van der Waals surface area contributed by atoms with Crippen LogP contribution in [0.25, 0.3) is 0 Å². The Labute approximate surface area is 120 Å². The van der Waals surface area contributed by atoms with E-state index in [-0.39, 0.29) is 5.78 Å². The van der Waals surface area contributed by atoms with Crippen molar-refractivity contribution >= 4 is 5.78 Å². The molecule has 0 bridgehead atoms. The van der Waals surface area contributed by atoms with Crippen LogP contribution in [0.15, 0.2) is 60.7 Å². The van der Waals surface area contributed by atoms with Crippen LogP contribution < -0.4 is 5.32 Å². The van der Waals surface area contributed by atoms with Crippen molar-refractivity contribution in [2.75, 3.05) is 6.54 Å². The summed E-state index contributed by atoms with van der Waals surface area (Å²) in [6.45, 7) is 3.00. The second-order valence-corrected chi connectivity index (χ2v) is 4.98. The van der Waals surface area contributed by atoms with Gasteiger partial charge in [0, 0.05) is 18.0 Å². The quantitative estimate of drug-likeness (QED) is 0.607. The zero-order chi connectivity index (χ0) is 14.2. The number of ketones is 1. The Morgan fingerprint density at radius 2 is 1.60 bits per heavy atom. The number of hydrogen-bond acceptors (Lipinski definition) is 2. The zero-order valence-electron chi connectivity index (χ0n) is 11.9. The second kappa shape index (κ2) is 7.61. The summed E-state index contributed by atoms with van der Waals surface area (Å²) >= 11 is 0. The first-order valence-corrected chi connectivity index (χ1v) is 7.14. The zero-order valence-corrected chi connectivity index (χ0v) is 11.9. The summed E-state index contributed by atoms with van der Waals surface area (Å²) in [6.07, 6.45) is 1.46. The molecule has 0 aliphatic rings. The minimum atomic E-state index is 0.222. The molecule has 0 saturated carbocycles. The van der Waals surface area contributed by atoms with E-state index in [0.29, 0.717) is 12.5 Å². The standard InChI is InChI=1S/C18H21NO/c1-15(16-9-4-2-5-10-16)19-14-8-13-18(20)17-11-6-3-7-12-17/h2-7,9-12,15,19H,8,13-14H2,1H3. The summed E-state index contributed by atoms with van der Waals surface area (Å²) < 4.78 is 0. The smallest absolute Gasteiger partial charge is 0.162 e. The molecule has 0 spiro atoms. The van der Waals surface area contributed by atoms with Crippen LogP contribution in [-0.4, -0.2) is 12.3 Å². The Morgan fingerprint density at radius 1 is 1.00 bits per heavy atom. The Hall–Kier alpha value is -1.93. The van der Waals surface area contributed by atoms with E-state index in [1.54, 1.807) is 0 Å². The SMILES string of the molecule is CC(NCCCC(=O)c1ccccc1)c1ccccc1. The lowest BCUT2D eigenvalue weighted by Gasteiger charge is -2.13. The maximum Gasteiger partial charge on any atom is 0.162 e. The maximum absolute atomic E-state index is 11.9. The molecule has 2 aromatic rings. The number of benzene rings is 2. The summed E-state index contributed by atoms with van der Waals surface area (Å²) in [5.74, 6) is 0.222. The molecule has 0 heterocycles. The van der Waals surface area contributed by atoms with Crippen molar-refractivity contribution in [1.29, 1.82) is 0 Å². The highest BCUT2D eigenvalue weighted by Crippen LogP contribution is 2.11. The normalized spacial score (nSPS) is 12.1. The Bertz CT molecular complexity index is 522. The van der Waals surface area contributed by atoms with Gasteiger partial charge in [0.1, 0.15) is 0 Å². The third-order valence-electron chi connectivity index (χ3n) is 3.43. The molecule has 2 rings (SSSR count). The molecule has 0 aromatic heterocycles. The Kier molecular flexibility index (Phi) is 5.51. The highest BCUT2D eigenvalue weighted by molar-refractivity contribution is 5.95. The molecule has 1 atom stereocenters. The van der Waals surface area contributed by atoms with Crippen LogP contribution in [0.4, 0.5) is 0 Å². The molecule has 0 amide bonds. The Morgan fingerprint density at radius 3 is 2.25 bits per heavy atom. The fraction of sp³-hybridized carbons (Fsp3) is 0.278. The van der Waals surface area contributed by atoms with Crippen LogP contribution in [0.1, 0.15) is 41.7 Å². The summed E-state index contributed by atoms with van der Waals surface area (Å²) in [7, 11) is 0. The maximum atomic E-state index is 11.9. The van der Waals surface area contributed by atoms with Gasteiger partial charge in [-0.1, -0.05) is 60.7 Å². The third-order valence-corrected chi connectivity index (χ3v) is 3.43. The lowest BCUT2D eigenvalue weighted by Crippen LogP contribution is -2.20. The average molecular weight is 267 g/mol. The van der Waals surface area contributed by atoms with Gasteiger partial charge in [-0.25, -0.2) is 0 Å². The average Bonchev–Trinajstić information content (AvgIpc) is 2.53. The van der Waals surface area contributed by atoms with E-state index in [9.17, 15) is 4.79 Å². The van der Waals surface area contributed by atoms with Crippen molar-refractivity contribution in [1.82, 2.24) is 5.32 Å². The van der Waals surface area contributed by atoms with E-state index in [2.05, 4.69) is 24.4 Å². The van der Waals surface area contributed by atoms with Crippen molar-refractivity contribution < 1.29 is 4.79 Å². The second-order valence-electron chi connectivity index (χ2n) is 4.98. The number of hydrogen-bond donors (Lipinski definition) is 1. The fourth-order valence-corrected chi connectivity index (χ4v) is 2.20. The number of Topliss-reactive ketones (excluding diaryl/α,β-unsaturated/α-hetero) is 1. The van der Waals surface area contributed by atoms with E-state index in [4.69, 9.17) is 0 Å². The number of carbonyl (C=O) groups excluding carboxylic acids is 1. The van der Waals surface area contributed by atoms with Gasteiger partial charge >= 0.3 is 0 Å². The van der Waals surface area contributed by atoms with Crippen molar-refractivity contribution in [3.05, 3.63) is 71.8 Å². The minimum Gasteiger partial charge on any atom is -0.310 e. The molecular weight excluding hydrogens is 246 g/mol. The molecule has 0 radical (unpaired) electrons. The van der Waals surface area contributed by atoms with Crippen LogP contribution in [0.5, 0.6) is 0 Å². The van der Waals surface area contributed by atoms with Gasteiger partial charge < -0.3 is 5.32 Å². The summed E-state index contributed by atoms with van der Waals surface area (Å²) in [4.78, 5) is 11.9. The fourth-order valence-electron chi connectivity index (χ4n) is 2.20. The molecule has 2 heteroatoms. The van der Waals surface area contributed by atoms with Gasteiger partial charge in [-0.2, -0.15) is 0 Å². The summed E-state index contributed by atoms with van der Waals surface area (Å²) in [5.41, 5.74) is 2.09. The molecule has 104 valence electrons. The molecule has 2 nitrogen and oxygen atoms in total. The van der Waals surface area contributed by atoms with Crippen molar-refractivity contribution in [2.45, 2.75) is 25.8 Å². The first-order chi connectivity index (χ1) is 9.77. The van der Waals surface area contributed by atoms with Gasteiger partial charge in [-0.05, 0) is 25.5 Å². The van der Waals surface area contributed by atoms with Gasteiger partial charge in [0.15, 0.2) is 5.78 Å². The number of carbonyl (C=O) groups is 1. The molecule has 0 aliphatic carbocycles. The molecule has 2 aromatic carbocycles. The van der Waals surface area contributed by atoms with Gasteiger partial charge in [-0.3, -0.25) is 4.79 Å². The molecule has 0 aliphatic heterocycles. The van der Waals surface area contributed by atoms with Crippen LogP contribution in [-0.2, 0) is 0 Å². The topological polar surface area (TPSA) is 29.1 Å². The molecule has 1 N–H and O–H groups in total. The van der Waals surface area contributed by atoms with E-state index in [1.165, 1.54) is 5.56 Å². The van der Waals surface area contributed by atoms with E-state index in [1.807, 2.05) is 48.5 Å². The highest BCUT2D eigenvalue weighted by atomic mass is 16.1. The number of rotatable bonds is 7. The monoisotopic (exact) mass is 267 g/mol. The summed E-state index contributed by atoms with van der Waals surface area (Å²) in [6, 6.07) is 20.2.